The Labute approximate surface area is 92.7 Å². The van der Waals surface area contributed by atoms with Gasteiger partial charge in [0.1, 0.15) is 0 Å². The molecule has 0 unspecified atom stereocenters. The van der Waals surface area contributed by atoms with E-state index >= 15 is 0 Å². The largest absolute Gasteiger partial charge is 0.330 e. The molecule has 0 aliphatic carbocycles. The van der Waals surface area contributed by atoms with Crippen LogP contribution in [0.3, 0.4) is 0 Å². The van der Waals surface area contributed by atoms with Crippen LogP contribution in [0.5, 0.6) is 0 Å². The summed E-state index contributed by atoms with van der Waals surface area (Å²) in [7, 11) is 0. The fourth-order valence-corrected chi connectivity index (χ4v) is 1.72. The predicted molar refractivity (Wildman–Crippen MR) is 65.8 cm³/mol. The van der Waals surface area contributed by atoms with Gasteiger partial charge in [-0.3, -0.25) is 0 Å². The van der Waals surface area contributed by atoms with Crippen LogP contribution < -0.4 is 5.73 Å². The van der Waals surface area contributed by atoms with E-state index in [-0.39, 0.29) is 0 Å². The van der Waals surface area contributed by atoms with E-state index in [1.807, 2.05) is 0 Å². The summed E-state index contributed by atoms with van der Waals surface area (Å²) in [6.07, 6.45) is 1.88. The van der Waals surface area contributed by atoms with Crippen molar-refractivity contribution in [2.45, 2.75) is 33.6 Å². The molecule has 1 aromatic rings. The molecule has 0 amide bonds. The van der Waals surface area contributed by atoms with Gasteiger partial charge in [0.05, 0.1) is 0 Å². The molecule has 0 fully saturated rings. The highest BCUT2D eigenvalue weighted by atomic mass is 14.5. The maximum atomic E-state index is 5.42. The molecular formula is C14H19N. The molecule has 0 spiro atoms. The first-order valence-electron chi connectivity index (χ1n) is 5.42. The lowest BCUT2D eigenvalue weighted by atomic mass is 10.0. The number of aryl methyl sites for hydroxylation is 3. The minimum absolute atomic E-state index is 0.723. The summed E-state index contributed by atoms with van der Waals surface area (Å²) < 4.78 is 0. The molecule has 1 rings (SSSR count). The van der Waals surface area contributed by atoms with E-state index < -0.39 is 0 Å². The Morgan fingerprint density at radius 2 is 1.73 bits per heavy atom. The zero-order valence-corrected chi connectivity index (χ0v) is 9.85. The minimum Gasteiger partial charge on any atom is -0.330 e. The molecular weight excluding hydrogens is 182 g/mol. The number of benzene rings is 1. The standard InChI is InChI=1S/C14H19N/c1-11-9-12(2)14(13(3)10-11)7-5-4-6-8-15/h9-10H,4,6,8,15H2,1-3H3. The summed E-state index contributed by atoms with van der Waals surface area (Å²) >= 11 is 0. The fraction of sp³-hybridized carbons (Fsp3) is 0.429. The van der Waals surface area contributed by atoms with Gasteiger partial charge in [-0.1, -0.05) is 29.5 Å². The minimum atomic E-state index is 0.723. The number of hydrogen-bond donors (Lipinski definition) is 1. The maximum absolute atomic E-state index is 5.42. The van der Waals surface area contributed by atoms with Gasteiger partial charge in [0, 0.05) is 12.0 Å². The molecule has 0 heterocycles. The zero-order valence-electron chi connectivity index (χ0n) is 9.85. The van der Waals surface area contributed by atoms with E-state index in [2.05, 4.69) is 44.7 Å². The average Bonchev–Trinajstić information content (AvgIpc) is 2.15. The Bertz CT molecular complexity index is 371. The second-order valence-electron chi connectivity index (χ2n) is 3.97. The summed E-state index contributed by atoms with van der Waals surface area (Å²) in [5.41, 5.74) is 10.4. The summed E-state index contributed by atoms with van der Waals surface area (Å²) in [5, 5.41) is 0. The van der Waals surface area contributed by atoms with Gasteiger partial charge in [-0.15, -0.1) is 0 Å². The van der Waals surface area contributed by atoms with Crippen LogP contribution in [0.15, 0.2) is 12.1 Å². The van der Waals surface area contributed by atoms with Crippen LogP contribution in [-0.4, -0.2) is 6.54 Å². The van der Waals surface area contributed by atoms with Crippen molar-refractivity contribution in [3.8, 4) is 11.8 Å². The van der Waals surface area contributed by atoms with E-state index in [1.54, 1.807) is 0 Å². The van der Waals surface area contributed by atoms with Crippen molar-refractivity contribution < 1.29 is 0 Å². The number of hydrogen-bond acceptors (Lipinski definition) is 1. The Balaban J connectivity index is 2.88. The summed E-state index contributed by atoms with van der Waals surface area (Å²) in [6, 6.07) is 4.36. The lowest BCUT2D eigenvalue weighted by Crippen LogP contribution is -1.96. The molecule has 1 heteroatoms. The number of nitrogens with two attached hydrogens (primary N) is 1. The van der Waals surface area contributed by atoms with Crippen molar-refractivity contribution in [3.05, 3.63) is 34.4 Å². The smallest absolute Gasteiger partial charge is 0.0303 e. The second kappa shape index (κ2) is 5.58. The van der Waals surface area contributed by atoms with E-state index in [0.717, 1.165) is 19.4 Å². The molecule has 0 saturated carbocycles. The molecule has 80 valence electrons. The topological polar surface area (TPSA) is 26.0 Å². The maximum Gasteiger partial charge on any atom is 0.0303 e. The highest BCUT2D eigenvalue weighted by molar-refractivity contribution is 5.48. The van der Waals surface area contributed by atoms with E-state index in [4.69, 9.17) is 5.73 Å². The molecule has 1 nitrogen and oxygen atoms in total. The predicted octanol–water partition coefficient (Wildman–Crippen LogP) is 2.70. The molecule has 0 bridgehead atoms. The molecule has 1 aromatic carbocycles. The van der Waals surface area contributed by atoms with Gasteiger partial charge in [0.2, 0.25) is 0 Å². The third kappa shape index (κ3) is 3.42. The Kier molecular flexibility index (Phi) is 4.39. The lowest BCUT2D eigenvalue weighted by Gasteiger charge is -2.04. The van der Waals surface area contributed by atoms with E-state index in [1.165, 1.54) is 22.3 Å². The van der Waals surface area contributed by atoms with E-state index in [9.17, 15) is 0 Å². The highest BCUT2D eigenvalue weighted by Crippen LogP contribution is 2.14. The summed E-state index contributed by atoms with van der Waals surface area (Å²) in [5.74, 6) is 6.41. The average molecular weight is 201 g/mol. The zero-order chi connectivity index (χ0) is 11.3. The number of unbranched alkanes of at least 4 members (excludes halogenated alkanes) is 1. The third-order valence-electron chi connectivity index (χ3n) is 2.40. The van der Waals surface area contributed by atoms with Crippen molar-refractivity contribution in [2.75, 3.05) is 6.54 Å². The van der Waals surface area contributed by atoms with Crippen LogP contribution in [-0.2, 0) is 0 Å². The van der Waals surface area contributed by atoms with Gasteiger partial charge in [0.25, 0.3) is 0 Å². The number of rotatable bonds is 2. The molecule has 0 aliphatic rings. The third-order valence-corrected chi connectivity index (χ3v) is 2.40. The van der Waals surface area contributed by atoms with Gasteiger partial charge in [0.15, 0.2) is 0 Å². The van der Waals surface area contributed by atoms with Gasteiger partial charge in [-0.2, -0.15) is 0 Å². The molecule has 0 aromatic heterocycles. The molecule has 15 heavy (non-hydrogen) atoms. The first-order chi connectivity index (χ1) is 7.15. The summed E-state index contributed by atoms with van der Waals surface area (Å²) in [6.45, 7) is 7.08. The van der Waals surface area contributed by atoms with E-state index in [0.29, 0.717) is 0 Å². The van der Waals surface area contributed by atoms with Gasteiger partial charge in [-0.25, -0.2) is 0 Å². The van der Waals surface area contributed by atoms with Crippen molar-refractivity contribution in [2.24, 2.45) is 5.73 Å². The Hall–Kier alpha value is -1.26. The second-order valence-corrected chi connectivity index (χ2v) is 3.97. The van der Waals surface area contributed by atoms with Gasteiger partial charge in [-0.05, 0) is 44.9 Å². The Morgan fingerprint density at radius 3 is 2.27 bits per heavy atom. The van der Waals surface area contributed by atoms with Crippen molar-refractivity contribution in [3.63, 3.8) is 0 Å². The Morgan fingerprint density at radius 1 is 1.13 bits per heavy atom. The van der Waals surface area contributed by atoms with Crippen LogP contribution in [0.2, 0.25) is 0 Å². The van der Waals surface area contributed by atoms with Crippen LogP contribution in [0.1, 0.15) is 35.1 Å². The van der Waals surface area contributed by atoms with Crippen LogP contribution in [0.4, 0.5) is 0 Å². The van der Waals surface area contributed by atoms with Gasteiger partial charge >= 0.3 is 0 Å². The summed E-state index contributed by atoms with van der Waals surface area (Å²) in [4.78, 5) is 0. The van der Waals surface area contributed by atoms with Crippen molar-refractivity contribution >= 4 is 0 Å². The van der Waals surface area contributed by atoms with Crippen LogP contribution in [0.25, 0.3) is 0 Å². The first kappa shape index (κ1) is 11.8. The molecule has 2 N–H and O–H groups in total. The molecule has 0 aliphatic heterocycles. The van der Waals surface area contributed by atoms with Crippen molar-refractivity contribution in [1.29, 1.82) is 0 Å². The SMILES string of the molecule is Cc1cc(C)c(C#CCCCN)c(C)c1. The van der Waals surface area contributed by atoms with Crippen LogP contribution >= 0.6 is 0 Å². The van der Waals surface area contributed by atoms with Gasteiger partial charge < -0.3 is 5.73 Å². The monoisotopic (exact) mass is 201 g/mol. The fourth-order valence-electron chi connectivity index (χ4n) is 1.72. The molecule has 0 atom stereocenters. The molecule has 0 saturated heterocycles. The van der Waals surface area contributed by atoms with Crippen LogP contribution in [0, 0.1) is 32.6 Å². The lowest BCUT2D eigenvalue weighted by molar-refractivity contribution is 0.870. The normalized spacial score (nSPS) is 9.60. The quantitative estimate of drug-likeness (QED) is 0.578. The molecule has 0 radical (unpaired) electrons. The van der Waals surface area contributed by atoms with Crippen molar-refractivity contribution in [1.82, 2.24) is 0 Å². The first-order valence-corrected chi connectivity index (χ1v) is 5.42. The highest BCUT2D eigenvalue weighted by Gasteiger charge is 1.99.